The standard InChI is InChI=1S/C26H27N3O4S/c1-3-25-27-23-14-13-22(26(30)28-34(31,32)16-15-33-2)17-24(23)29(25)18-19-9-11-21(12-10-19)20-7-5-4-6-8-20/h4-14,17H,3,15-16,18H2,1-2H3,(H,28,30). The summed E-state index contributed by atoms with van der Waals surface area (Å²) in [6.07, 6.45) is 0.726. The van der Waals surface area contributed by atoms with Crippen LogP contribution >= 0.6 is 0 Å². The Bertz CT molecular complexity index is 1400. The number of aryl methyl sites for hydroxylation is 1. The van der Waals surface area contributed by atoms with Crippen LogP contribution in [0, 0.1) is 0 Å². The summed E-state index contributed by atoms with van der Waals surface area (Å²) in [6, 6.07) is 23.6. The van der Waals surface area contributed by atoms with E-state index in [0.717, 1.165) is 40.0 Å². The maximum atomic E-state index is 12.6. The number of hydrogen-bond donors (Lipinski definition) is 1. The van der Waals surface area contributed by atoms with Crippen molar-refractivity contribution in [3.05, 3.63) is 89.7 Å². The lowest BCUT2D eigenvalue weighted by atomic mass is 10.0. The summed E-state index contributed by atoms with van der Waals surface area (Å²) in [5, 5.41) is 0. The summed E-state index contributed by atoms with van der Waals surface area (Å²) >= 11 is 0. The van der Waals surface area contributed by atoms with Crippen LogP contribution in [0.15, 0.2) is 72.8 Å². The molecule has 0 radical (unpaired) electrons. The van der Waals surface area contributed by atoms with Crippen molar-refractivity contribution in [3.8, 4) is 11.1 Å². The van der Waals surface area contributed by atoms with Crippen molar-refractivity contribution in [3.63, 3.8) is 0 Å². The van der Waals surface area contributed by atoms with Crippen molar-refractivity contribution in [2.24, 2.45) is 0 Å². The molecule has 0 fully saturated rings. The lowest BCUT2D eigenvalue weighted by Crippen LogP contribution is -2.33. The van der Waals surface area contributed by atoms with Gasteiger partial charge in [-0.1, -0.05) is 61.5 Å². The van der Waals surface area contributed by atoms with E-state index in [1.54, 1.807) is 18.2 Å². The molecule has 8 heteroatoms. The number of hydrogen-bond acceptors (Lipinski definition) is 5. The molecule has 3 aromatic carbocycles. The monoisotopic (exact) mass is 477 g/mol. The Morgan fingerprint density at radius 1 is 1.00 bits per heavy atom. The summed E-state index contributed by atoms with van der Waals surface area (Å²) in [5.74, 6) is -0.0580. The second-order valence-corrected chi connectivity index (χ2v) is 9.82. The second kappa shape index (κ2) is 10.2. The van der Waals surface area contributed by atoms with E-state index in [1.807, 2.05) is 25.1 Å². The molecule has 0 saturated carbocycles. The third-order valence-electron chi connectivity index (χ3n) is 5.61. The molecule has 1 N–H and O–H groups in total. The van der Waals surface area contributed by atoms with Crippen LogP contribution in [0.5, 0.6) is 0 Å². The molecular formula is C26H27N3O4S. The fourth-order valence-corrected chi connectivity index (χ4v) is 4.71. The molecular weight excluding hydrogens is 450 g/mol. The number of nitrogens with zero attached hydrogens (tertiary/aromatic N) is 2. The Morgan fingerprint density at radius 3 is 2.38 bits per heavy atom. The van der Waals surface area contributed by atoms with Gasteiger partial charge in [0.2, 0.25) is 10.0 Å². The number of carbonyl (C=O) groups is 1. The normalized spacial score (nSPS) is 11.6. The fourth-order valence-electron chi connectivity index (χ4n) is 3.82. The van der Waals surface area contributed by atoms with Crippen molar-refractivity contribution >= 4 is 27.0 Å². The van der Waals surface area contributed by atoms with Gasteiger partial charge < -0.3 is 9.30 Å². The van der Waals surface area contributed by atoms with Crippen LogP contribution in [0.4, 0.5) is 0 Å². The van der Waals surface area contributed by atoms with Gasteiger partial charge in [-0.2, -0.15) is 0 Å². The lowest BCUT2D eigenvalue weighted by Gasteiger charge is -2.11. The van der Waals surface area contributed by atoms with Crippen molar-refractivity contribution in [1.82, 2.24) is 14.3 Å². The zero-order valence-corrected chi connectivity index (χ0v) is 20.0. The molecule has 0 aliphatic rings. The van der Waals surface area contributed by atoms with E-state index in [9.17, 15) is 13.2 Å². The highest BCUT2D eigenvalue weighted by atomic mass is 32.2. The molecule has 0 aliphatic carbocycles. The average Bonchev–Trinajstić information content (AvgIpc) is 3.20. The van der Waals surface area contributed by atoms with Crippen LogP contribution in [-0.2, 0) is 27.7 Å². The number of methoxy groups -OCH3 is 1. The highest BCUT2D eigenvalue weighted by Crippen LogP contribution is 2.23. The number of fused-ring (bicyclic) bond motifs is 1. The summed E-state index contributed by atoms with van der Waals surface area (Å²) in [6.45, 7) is 2.63. The predicted octanol–water partition coefficient (Wildman–Crippen LogP) is 4.02. The van der Waals surface area contributed by atoms with Crippen LogP contribution in [0.3, 0.4) is 0 Å². The van der Waals surface area contributed by atoms with Gasteiger partial charge in [-0.25, -0.2) is 18.1 Å². The highest BCUT2D eigenvalue weighted by molar-refractivity contribution is 7.90. The van der Waals surface area contributed by atoms with Gasteiger partial charge in [0, 0.05) is 25.6 Å². The van der Waals surface area contributed by atoms with E-state index in [1.165, 1.54) is 7.11 Å². The lowest BCUT2D eigenvalue weighted by molar-refractivity contribution is 0.0981. The Morgan fingerprint density at radius 2 is 1.71 bits per heavy atom. The number of aromatic nitrogens is 2. The topological polar surface area (TPSA) is 90.3 Å². The molecule has 1 amide bonds. The largest absolute Gasteiger partial charge is 0.384 e. The first-order chi connectivity index (χ1) is 16.4. The molecule has 7 nitrogen and oxygen atoms in total. The minimum absolute atomic E-state index is 0.0113. The Hall–Kier alpha value is -3.49. The first-order valence-electron chi connectivity index (χ1n) is 11.1. The number of ether oxygens (including phenoxy) is 1. The maximum Gasteiger partial charge on any atom is 0.264 e. The highest BCUT2D eigenvalue weighted by Gasteiger charge is 2.18. The van der Waals surface area contributed by atoms with Crippen molar-refractivity contribution in [1.29, 1.82) is 0 Å². The van der Waals surface area contributed by atoms with Crippen LogP contribution in [-0.4, -0.2) is 43.3 Å². The maximum absolute atomic E-state index is 12.6. The molecule has 34 heavy (non-hydrogen) atoms. The molecule has 0 atom stereocenters. The van der Waals surface area contributed by atoms with E-state index in [2.05, 4.69) is 45.7 Å². The van der Waals surface area contributed by atoms with Gasteiger partial charge in [-0.3, -0.25) is 4.79 Å². The number of rotatable bonds is 9. The van der Waals surface area contributed by atoms with Crippen LogP contribution in [0.1, 0.15) is 28.7 Å². The van der Waals surface area contributed by atoms with Gasteiger partial charge >= 0.3 is 0 Å². The van der Waals surface area contributed by atoms with E-state index in [4.69, 9.17) is 9.72 Å². The second-order valence-electron chi connectivity index (χ2n) is 7.98. The average molecular weight is 478 g/mol. The molecule has 0 spiro atoms. The fraction of sp³-hybridized carbons (Fsp3) is 0.231. The van der Waals surface area contributed by atoms with Gasteiger partial charge in [0.1, 0.15) is 5.82 Å². The van der Waals surface area contributed by atoms with Gasteiger partial charge in [0.15, 0.2) is 0 Å². The molecule has 176 valence electrons. The molecule has 4 rings (SSSR count). The molecule has 1 aromatic heterocycles. The van der Waals surface area contributed by atoms with Crippen LogP contribution in [0.2, 0.25) is 0 Å². The number of imidazole rings is 1. The van der Waals surface area contributed by atoms with Crippen molar-refractivity contribution in [2.45, 2.75) is 19.9 Å². The molecule has 0 unspecified atom stereocenters. The van der Waals surface area contributed by atoms with Gasteiger partial charge in [0.05, 0.1) is 23.4 Å². The van der Waals surface area contributed by atoms with Crippen LogP contribution in [0.25, 0.3) is 22.2 Å². The zero-order valence-electron chi connectivity index (χ0n) is 19.2. The number of benzene rings is 3. The number of sulfonamides is 1. The minimum atomic E-state index is -3.78. The first-order valence-corrected chi connectivity index (χ1v) is 12.7. The first kappa shape index (κ1) is 23.7. The quantitative estimate of drug-likeness (QED) is 0.393. The van der Waals surface area contributed by atoms with E-state index in [0.29, 0.717) is 6.54 Å². The number of nitrogens with one attached hydrogen (secondary N) is 1. The summed E-state index contributed by atoms with van der Waals surface area (Å²) in [4.78, 5) is 17.3. The Balaban J connectivity index is 1.61. The minimum Gasteiger partial charge on any atom is -0.384 e. The van der Waals surface area contributed by atoms with Crippen LogP contribution < -0.4 is 4.72 Å². The number of carbonyl (C=O) groups excluding carboxylic acids is 1. The molecule has 0 saturated heterocycles. The molecule has 0 bridgehead atoms. The third-order valence-corrected chi connectivity index (χ3v) is 6.81. The Labute approximate surface area is 199 Å². The van der Waals surface area contributed by atoms with Gasteiger partial charge in [0.25, 0.3) is 5.91 Å². The van der Waals surface area contributed by atoms with E-state index < -0.39 is 15.9 Å². The molecule has 0 aliphatic heterocycles. The van der Waals surface area contributed by atoms with Gasteiger partial charge in [-0.05, 0) is 34.9 Å². The third kappa shape index (κ3) is 5.35. The van der Waals surface area contributed by atoms with Crippen molar-refractivity contribution < 1.29 is 17.9 Å². The smallest absolute Gasteiger partial charge is 0.264 e. The SMILES string of the molecule is CCc1nc2ccc(C(=O)NS(=O)(=O)CCOC)cc2n1Cc1ccc(-c2ccccc2)cc1. The molecule has 1 heterocycles. The summed E-state index contributed by atoms with van der Waals surface area (Å²) in [5.41, 5.74) is 5.21. The van der Waals surface area contributed by atoms with E-state index >= 15 is 0 Å². The summed E-state index contributed by atoms with van der Waals surface area (Å²) in [7, 11) is -2.37. The molecule has 4 aromatic rings. The number of amides is 1. The zero-order chi connectivity index (χ0) is 24.1. The van der Waals surface area contributed by atoms with E-state index in [-0.39, 0.29) is 17.9 Å². The van der Waals surface area contributed by atoms with Crippen molar-refractivity contribution in [2.75, 3.05) is 19.5 Å². The van der Waals surface area contributed by atoms with Gasteiger partial charge in [-0.15, -0.1) is 0 Å². The Kier molecular flexibility index (Phi) is 7.09. The predicted molar refractivity (Wildman–Crippen MR) is 133 cm³/mol. The summed E-state index contributed by atoms with van der Waals surface area (Å²) < 4.78 is 33.2.